The van der Waals surface area contributed by atoms with Crippen molar-refractivity contribution >= 4 is 0 Å². The van der Waals surface area contributed by atoms with Gasteiger partial charge in [-0.1, -0.05) is 297 Å². The summed E-state index contributed by atoms with van der Waals surface area (Å²) >= 11 is 0. The summed E-state index contributed by atoms with van der Waals surface area (Å²) in [4.78, 5) is 0. The van der Waals surface area contributed by atoms with Crippen molar-refractivity contribution in [3.05, 3.63) is 18.7 Å². The lowest BCUT2D eigenvalue weighted by Crippen LogP contribution is -3.00. The van der Waals surface area contributed by atoms with Gasteiger partial charge in [0, 0.05) is 0 Å². The number of imidazole rings is 1. The molecule has 0 aliphatic heterocycles. The van der Waals surface area contributed by atoms with Gasteiger partial charge in [0.15, 0.2) is 0 Å². The highest BCUT2D eigenvalue weighted by Gasteiger charge is 2.18. The van der Waals surface area contributed by atoms with Gasteiger partial charge in [0.25, 0.3) is 0 Å². The molecule has 1 heterocycles. The Labute approximate surface area is 391 Å². The number of rotatable bonds is 51. The molecule has 0 saturated carbocycles. The van der Waals surface area contributed by atoms with Crippen LogP contribution in [-0.4, -0.2) is 16.3 Å². The van der Waals surface area contributed by atoms with Crippen LogP contribution in [0.5, 0.6) is 0 Å². The van der Waals surface area contributed by atoms with Crippen LogP contribution in [0.15, 0.2) is 18.7 Å². The van der Waals surface area contributed by atoms with Gasteiger partial charge >= 0.3 is 0 Å². The number of halogens is 1. The van der Waals surface area contributed by atoms with Crippen LogP contribution in [-0.2, 0) is 6.54 Å². The summed E-state index contributed by atoms with van der Waals surface area (Å²) in [7, 11) is 0. The first-order valence-corrected chi connectivity index (χ1v) is 28.4. The second-order valence-corrected chi connectivity index (χ2v) is 20.1. The minimum Gasteiger partial charge on any atom is -1.00 e. The average molecular weight is 878 g/mol. The Morgan fingerprint density at radius 2 is 0.607 bits per heavy atom. The largest absolute Gasteiger partial charge is 1.00 e. The Morgan fingerprint density at radius 3 is 0.902 bits per heavy atom. The highest BCUT2D eigenvalue weighted by atomic mass is 35.5. The molecule has 3 nitrogen and oxygen atoms in total. The molecule has 1 aromatic heterocycles. The van der Waals surface area contributed by atoms with Crippen molar-refractivity contribution in [2.24, 2.45) is 5.92 Å². The molecule has 0 bridgehead atoms. The maximum absolute atomic E-state index is 9.54. The van der Waals surface area contributed by atoms with E-state index in [0.717, 1.165) is 5.92 Å². The van der Waals surface area contributed by atoms with Gasteiger partial charge < -0.3 is 17.5 Å². The number of nitrogens with zero attached hydrogens (tertiary/aromatic N) is 2. The van der Waals surface area contributed by atoms with Gasteiger partial charge in [0.1, 0.15) is 25.0 Å². The molecule has 1 rings (SSSR count). The SMILES string of the molecule is CCCCCCCCCCCCCCCCCCC(CCCCCCCCCCCCCC)CCCCC(CCCCCCCCCCCCCC)[n+]1ccn(CCO)c1.[Cl-]. The highest BCUT2D eigenvalue weighted by Crippen LogP contribution is 2.27. The second-order valence-electron chi connectivity index (χ2n) is 20.1. The molecule has 0 saturated heterocycles. The van der Waals surface area contributed by atoms with Crippen molar-refractivity contribution in [3.63, 3.8) is 0 Å². The first-order valence-electron chi connectivity index (χ1n) is 28.4. The van der Waals surface area contributed by atoms with Crippen LogP contribution in [0.1, 0.15) is 329 Å². The summed E-state index contributed by atoms with van der Waals surface area (Å²) < 4.78 is 4.67. The summed E-state index contributed by atoms with van der Waals surface area (Å²) in [6.45, 7) is 7.88. The van der Waals surface area contributed by atoms with Crippen molar-refractivity contribution in [1.29, 1.82) is 0 Å². The van der Waals surface area contributed by atoms with Gasteiger partial charge in [-0.05, 0) is 31.6 Å². The highest BCUT2D eigenvalue weighted by molar-refractivity contribution is 4.69. The van der Waals surface area contributed by atoms with E-state index in [0.29, 0.717) is 12.6 Å². The van der Waals surface area contributed by atoms with Crippen LogP contribution in [0.25, 0.3) is 0 Å². The Bertz CT molecular complexity index is 934. The predicted molar refractivity (Wildman–Crippen MR) is 268 cm³/mol. The van der Waals surface area contributed by atoms with Crippen LogP contribution in [0.3, 0.4) is 0 Å². The molecule has 61 heavy (non-hydrogen) atoms. The first kappa shape index (κ1) is 60.5. The molecule has 0 aliphatic carbocycles. The van der Waals surface area contributed by atoms with Gasteiger partial charge in [0.05, 0.1) is 6.61 Å². The quantitative estimate of drug-likeness (QED) is 0.0513. The predicted octanol–water partition coefficient (Wildman–Crippen LogP) is 16.3. The molecule has 0 aromatic carbocycles. The van der Waals surface area contributed by atoms with E-state index < -0.39 is 0 Å². The van der Waals surface area contributed by atoms with Crippen molar-refractivity contribution < 1.29 is 22.1 Å². The van der Waals surface area contributed by atoms with E-state index in [4.69, 9.17) is 0 Å². The molecule has 0 aliphatic rings. The zero-order valence-electron chi connectivity index (χ0n) is 42.3. The summed E-state index contributed by atoms with van der Waals surface area (Å²) in [5, 5.41) is 9.54. The minimum atomic E-state index is 0. The minimum absolute atomic E-state index is 0. The lowest BCUT2D eigenvalue weighted by Gasteiger charge is -2.18. The lowest BCUT2D eigenvalue weighted by atomic mass is 9.89. The van der Waals surface area contributed by atoms with Crippen LogP contribution in [0.2, 0.25) is 0 Å². The fourth-order valence-electron chi connectivity index (χ4n) is 10.0. The topological polar surface area (TPSA) is 29.0 Å². The number of hydrogen-bond donors (Lipinski definition) is 1. The molecule has 0 amide bonds. The number of hydrogen-bond acceptors (Lipinski definition) is 1. The monoisotopic (exact) mass is 877 g/mol. The van der Waals surface area contributed by atoms with Gasteiger partial charge in [-0.15, -0.1) is 0 Å². The van der Waals surface area contributed by atoms with E-state index in [9.17, 15) is 5.11 Å². The zero-order valence-corrected chi connectivity index (χ0v) is 43.0. The third kappa shape index (κ3) is 41.9. The summed E-state index contributed by atoms with van der Waals surface area (Å²) in [5.74, 6) is 0.952. The molecule has 4 heteroatoms. The van der Waals surface area contributed by atoms with Gasteiger partial charge in [-0.25, -0.2) is 9.13 Å². The third-order valence-electron chi connectivity index (χ3n) is 14.2. The van der Waals surface area contributed by atoms with Gasteiger partial charge in [-0.3, -0.25) is 0 Å². The Hall–Kier alpha value is -0.540. The van der Waals surface area contributed by atoms with Crippen molar-refractivity contribution in [2.75, 3.05) is 6.61 Å². The average Bonchev–Trinajstić information content (AvgIpc) is 3.73. The van der Waals surface area contributed by atoms with E-state index in [1.54, 1.807) is 0 Å². The Morgan fingerprint density at radius 1 is 0.361 bits per heavy atom. The molecule has 0 spiro atoms. The van der Waals surface area contributed by atoms with Crippen molar-refractivity contribution in [3.8, 4) is 0 Å². The number of aliphatic hydroxyl groups is 1. The molecule has 2 unspecified atom stereocenters. The van der Waals surface area contributed by atoms with Crippen LogP contribution in [0, 0.1) is 5.92 Å². The Balaban J connectivity index is 0.0000360. The zero-order chi connectivity index (χ0) is 43.1. The summed E-state index contributed by atoms with van der Waals surface area (Å²) in [6.07, 6.45) is 74.5. The fraction of sp³-hybridized carbons (Fsp3) is 0.947. The van der Waals surface area contributed by atoms with Crippen molar-refractivity contribution in [2.45, 2.75) is 335 Å². The van der Waals surface area contributed by atoms with Gasteiger partial charge in [-0.2, -0.15) is 0 Å². The normalized spacial score (nSPS) is 12.6. The molecule has 0 fully saturated rings. The maximum Gasteiger partial charge on any atom is 0.244 e. The molecule has 2 atom stereocenters. The smallest absolute Gasteiger partial charge is 0.244 e. The standard InChI is InChI=1S/C57H113N2O.ClH/c1-4-7-10-13-16-19-22-25-26-27-28-30-33-36-39-42-47-56(46-41-38-35-32-29-23-20-17-14-11-8-5-2)48-44-45-50-57(59-52-51-58(55-59)53-54-60)49-43-40-37-34-31-24-21-18-15-12-9-6-3;/h51-52,55-57,60H,4-50,53-54H2,1-3H3;1H/q+1;/p-1. The number of aliphatic hydroxyl groups excluding tert-OH is 1. The van der Waals surface area contributed by atoms with E-state index >= 15 is 0 Å². The van der Waals surface area contributed by atoms with Crippen LogP contribution >= 0.6 is 0 Å². The number of aromatic nitrogens is 2. The first-order chi connectivity index (χ1) is 29.7. The van der Waals surface area contributed by atoms with Crippen LogP contribution < -0.4 is 17.0 Å². The van der Waals surface area contributed by atoms with Crippen LogP contribution in [0.4, 0.5) is 0 Å². The van der Waals surface area contributed by atoms with E-state index in [1.165, 1.54) is 302 Å². The fourth-order valence-corrected chi connectivity index (χ4v) is 10.0. The third-order valence-corrected chi connectivity index (χ3v) is 14.2. The number of unbranched alkanes of at least 4 members (excludes halogenated alkanes) is 38. The molecule has 364 valence electrons. The lowest BCUT2D eigenvalue weighted by molar-refractivity contribution is -0.724. The second kappa shape index (κ2) is 50.5. The molecule has 1 aromatic rings. The van der Waals surface area contributed by atoms with E-state index in [2.05, 4.69) is 48.6 Å². The van der Waals surface area contributed by atoms with Gasteiger partial charge in [0.2, 0.25) is 6.33 Å². The molecule has 1 N–H and O–H groups in total. The van der Waals surface area contributed by atoms with Crippen molar-refractivity contribution in [1.82, 2.24) is 4.57 Å². The molecular weight excluding hydrogens is 764 g/mol. The Kier molecular flexibility index (Phi) is 50.0. The van der Waals surface area contributed by atoms with E-state index in [1.807, 2.05) is 0 Å². The molecular formula is C57H113ClN2O. The van der Waals surface area contributed by atoms with E-state index in [-0.39, 0.29) is 19.0 Å². The molecule has 0 radical (unpaired) electrons. The maximum atomic E-state index is 9.54. The summed E-state index contributed by atoms with van der Waals surface area (Å²) in [6, 6.07) is 0.614. The summed E-state index contributed by atoms with van der Waals surface area (Å²) in [5.41, 5.74) is 0.